The van der Waals surface area contributed by atoms with E-state index in [-0.39, 0.29) is 10.7 Å². The number of thiocarbonyl (C=S) groups is 1. The van der Waals surface area contributed by atoms with Crippen LogP contribution in [0, 0.1) is 0 Å². The SMILES string of the molecule is CCOc1cc(C=C2C(=O)N(c3ccccc3)C(=S)N(c3ccccc3)C2=O)cc(Cl)c1OCC. The van der Waals surface area contributed by atoms with Crippen LogP contribution in [0.4, 0.5) is 11.4 Å². The third-order valence-electron chi connectivity index (χ3n) is 5.21. The lowest BCUT2D eigenvalue weighted by Crippen LogP contribution is -2.56. The Kier molecular flexibility index (Phi) is 7.48. The molecule has 0 spiro atoms. The van der Waals surface area contributed by atoms with Crippen LogP contribution >= 0.6 is 23.8 Å². The number of benzene rings is 3. The number of nitrogens with zero attached hydrogens (tertiary/aromatic N) is 2. The van der Waals surface area contributed by atoms with E-state index in [1.54, 1.807) is 60.7 Å². The monoisotopic (exact) mass is 506 g/mol. The molecule has 0 bridgehead atoms. The van der Waals surface area contributed by atoms with Gasteiger partial charge in [-0.15, -0.1) is 0 Å². The molecule has 1 heterocycles. The number of hydrogen-bond acceptors (Lipinski definition) is 5. The molecule has 1 fully saturated rings. The lowest BCUT2D eigenvalue weighted by molar-refractivity contribution is -0.120. The topological polar surface area (TPSA) is 59.1 Å². The van der Waals surface area contributed by atoms with Crippen molar-refractivity contribution in [3.63, 3.8) is 0 Å². The van der Waals surface area contributed by atoms with Crippen LogP contribution < -0.4 is 19.3 Å². The van der Waals surface area contributed by atoms with Crippen LogP contribution in [-0.4, -0.2) is 30.1 Å². The van der Waals surface area contributed by atoms with E-state index in [1.165, 1.54) is 15.9 Å². The van der Waals surface area contributed by atoms with Gasteiger partial charge >= 0.3 is 0 Å². The number of para-hydroxylation sites is 2. The maximum atomic E-state index is 13.6. The summed E-state index contributed by atoms with van der Waals surface area (Å²) in [6.07, 6.45) is 1.50. The highest BCUT2D eigenvalue weighted by Crippen LogP contribution is 2.38. The summed E-state index contributed by atoms with van der Waals surface area (Å²) in [4.78, 5) is 30.0. The van der Waals surface area contributed by atoms with Crippen molar-refractivity contribution in [3.8, 4) is 11.5 Å². The second-order valence-electron chi connectivity index (χ2n) is 7.49. The molecule has 1 saturated heterocycles. The molecular formula is C27H23ClN2O4S. The average Bonchev–Trinajstić information content (AvgIpc) is 2.85. The first-order chi connectivity index (χ1) is 17.0. The van der Waals surface area contributed by atoms with Crippen LogP contribution in [0.5, 0.6) is 11.5 Å². The van der Waals surface area contributed by atoms with Gasteiger partial charge in [0.05, 0.1) is 29.6 Å². The van der Waals surface area contributed by atoms with Gasteiger partial charge in [-0.05, 0) is 74.1 Å². The number of anilines is 2. The molecule has 1 aliphatic rings. The van der Waals surface area contributed by atoms with Crippen LogP contribution in [0.3, 0.4) is 0 Å². The molecule has 0 saturated carbocycles. The first-order valence-corrected chi connectivity index (χ1v) is 11.9. The third kappa shape index (κ3) is 4.92. The molecule has 2 amide bonds. The Bertz CT molecular complexity index is 1230. The van der Waals surface area contributed by atoms with E-state index < -0.39 is 11.8 Å². The molecule has 8 heteroatoms. The summed E-state index contributed by atoms with van der Waals surface area (Å²) in [5, 5.41) is 0.394. The van der Waals surface area contributed by atoms with Crippen molar-refractivity contribution in [2.45, 2.75) is 13.8 Å². The highest BCUT2D eigenvalue weighted by molar-refractivity contribution is 7.81. The molecule has 178 valence electrons. The van der Waals surface area contributed by atoms with Crippen LogP contribution in [0.2, 0.25) is 5.02 Å². The summed E-state index contributed by atoms with van der Waals surface area (Å²) in [5.74, 6) is -0.208. The highest BCUT2D eigenvalue weighted by Gasteiger charge is 2.41. The standard InChI is InChI=1S/C27H23ClN2O4S/c1-3-33-23-17-18(16-22(28)24(23)34-4-2)15-21-25(31)29(19-11-7-5-8-12-19)27(35)30(26(21)32)20-13-9-6-10-14-20/h5-17H,3-4H2,1-2H3. The van der Waals surface area contributed by atoms with Gasteiger partial charge in [0.1, 0.15) is 5.57 Å². The van der Waals surface area contributed by atoms with Gasteiger partial charge in [-0.25, -0.2) is 0 Å². The molecule has 6 nitrogen and oxygen atoms in total. The second-order valence-corrected chi connectivity index (χ2v) is 8.26. The first-order valence-electron chi connectivity index (χ1n) is 11.1. The van der Waals surface area contributed by atoms with E-state index in [0.29, 0.717) is 46.7 Å². The first kappa shape index (κ1) is 24.4. The number of hydrogen-bond donors (Lipinski definition) is 0. The van der Waals surface area contributed by atoms with Crippen molar-refractivity contribution in [3.05, 3.63) is 89.0 Å². The molecule has 3 aromatic rings. The predicted molar refractivity (Wildman–Crippen MR) is 142 cm³/mol. The number of ether oxygens (including phenoxy) is 2. The molecule has 0 unspecified atom stereocenters. The van der Waals surface area contributed by atoms with Gasteiger partial charge in [-0.2, -0.15) is 0 Å². The Morgan fingerprint density at radius 3 is 1.83 bits per heavy atom. The van der Waals surface area contributed by atoms with Crippen molar-refractivity contribution in [2.75, 3.05) is 23.0 Å². The number of carbonyl (C=O) groups is 2. The molecule has 0 aliphatic carbocycles. The van der Waals surface area contributed by atoms with Crippen molar-refractivity contribution in [2.24, 2.45) is 0 Å². The van der Waals surface area contributed by atoms with Crippen molar-refractivity contribution in [1.29, 1.82) is 0 Å². The molecule has 0 atom stereocenters. The zero-order valence-electron chi connectivity index (χ0n) is 19.2. The lowest BCUT2D eigenvalue weighted by Gasteiger charge is -2.36. The Morgan fingerprint density at radius 1 is 0.829 bits per heavy atom. The van der Waals surface area contributed by atoms with Gasteiger partial charge in [0, 0.05) is 0 Å². The number of rotatable bonds is 7. The fraction of sp³-hybridized carbons (Fsp3) is 0.148. The van der Waals surface area contributed by atoms with Gasteiger partial charge in [-0.3, -0.25) is 19.4 Å². The molecule has 0 N–H and O–H groups in total. The molecule has 35 heavy (non-hydrogen) atoms. The Balaban J connectivity index is 1.86. The number of halogens is 1. The summed E-state index contributed by atoms with van der Waals surface area (Å²) in [6, 6.07) is 21.3. The highest BCUT2D eigenvalue weighted by atomic mass is 35.5. The van der Waals surface area contributed by atoms with Gasteiger partial charge in [0.25, 0.3) is 11.8 Å². The molecule has 0 aromatic heterocycles. The van der Waals surface area contributed by atoms with Crippen molar-refractivity contribution < 1.29 is 19.1 Å². The molecule has 4 rings (SSSR count). The van der Waals surface area contributed by atoms with Gasteiger partial charge in [-0.1, -0.05) is 48.0 Å². The van der Waals surface area contributed by atoms with E-state index in [1.807, 2.05) is 26.0 Å². The largest absolute Gasteiger partial charge is 0.490 e. The zero-order chi connectivity index (χ0) is 24.9. The Morgan fingerprint density at radius 2 is 1.34 bits per heavy atom. The quantitative estimate of drug-likeness (QED) is 0.227. The minimum atomic E-state index is -0.527. The predicted octanol–water partition coefficient (Wildman–Crippen LogP) is 5.89. The second kappa shape index (κ2) is 10.7. The Labute approximate surface area is 214 Å². The maximum absolute atomic E-state index is 13.6. The molecule has 1 aliphatic heterocycles. The van der Waals surface area contributed by atoms with E-state index in [4.69, 9.17) is 33.3 Å². The number of carbonyl (C=O) groups excluding carboxylic acids is 2. The maximum Gasteiger partial charge on any atom is 0.270 e. The molecule has 0 radical (unpaired) electrons. The summed E-state index contributed by atoms with van der Waals surface area (Å²) in [7, 11) is 0. The van der Waals surface area contributed by atoms with Gasteiger partial charge in [0.15, 0.2) is 16.6 Å². The normalized spacial score (nSPS) is 13.8. The van der Waals surface area contributed by atoms with Crippen molar-refractivity contribution >= 4 is 58.2 Å². The van der Waals surface area contributed by atoms with E-state index in [0.717, 1.165) is 0 Å². The van der Waals surface area contributed by atoms with Crippen LogP contribution in [0.1, 0.15) is 19.4 Å². The van der Waals surface area contributed by atoms with Crippen LogP contribution in [0.15, 0.2) is 78.4 Å². The summed E-state index contributed by atoms with van der Waals surface area (Å²) in [5.41, 5.74) is 1.57. The fourth-order valence-electron chi connectivity index (χ4n) is 3.72. The Hall–Kier alpha value is -3.68. The van der Waals surface area contributed by atoms with Gasteiger partial charge < -0.3 is 9.47 Å². The average molecular weight is 507 g/mol. The van der Waals surface area contributed by atoms with Crippen LogP contribution in [0.25, 0.3) is 6.08 Å². The molecule has 3 aromatic carbocycles. The van der Waals surface area contributed by atoms with E-state index >= 15 is 0 Å². The number of amides is 2. The van der Waals surface area contributed by atoms with Crippen LogP contribution in [-0.2, 0) is 9.59 Å². The lowest BCUT2D eigenvalue weighted by atomic mass is 10.0. The van der Waals surface area contributed by atoms with Gasteiger partial charge in [0.2, 0.25) is 0 Å². The van der Waals surface area contributed by atoms with Crippen molar-refractivity contribution in [1.82, 2.24) is 0 Å². The fourth-order valence-corrected chi connectivity index (χ4v) is 4.37. The summed E-state index contributed by atoms with van der Waals surface area (Å²) < 4.78 is 11.3. The summed E-state index contributed by atoms with van der Waals surface area (Å²) >= 11 is 12.1. The zero-order valence-corrected chi connectivity index (χ0v) is 20.8. The van der Waals surface area contributed by atoms with E-state index in [2.05, 4.69) is 0 Å². The smallest absolute Gasteiger partial charge is 0.270 e. The minimum absolute atomic E-state index is 0.0611. The van der Waals surface area contributed by atoms with E-state index in [9.17, 15) is 9.59 Å². The minimum Gasteiger partial charge on any atom is -0.490 e. The third-order valence-corrected chi connectivity index (χ3v) is 5.86. The summed E-state index contributed by atoms with van der Waals surface area (Å²) in [6.45, 7) is 4.50. The molecular weight excluding hydrogens is 484 g/mol.